The number of carbonyl (C=O) groups excluding carboxylic acids is 1. The number of nitrogens with one attached hydrogen (secondary N) is 1. The van der Waals surface area contributed by atoms with Crippen LogP contribution in [0.5, 0.6) is 0 Å². The summed E-state index contributed by atoms with van der Waals surface area (Å²) < 4.78 is 0. The zero-order chi connectivity index (χ0) is 13.4. The van der Waals surface area contributed by atoms with Crippen molar-refractivity contribution in [1.29, 1.82) is 0 Å². The number of benzene rings is 1. The van der Waals surface area contributed by atoms with Gasteiger partial charge >= 0.3 is 0 Å². The molecular weight excluding hydrogens is 238 g/mol. The third kappa shape index (κ3) is 2.12. The minimum absolute atomic E-state index is 0.375. The summed E-state index contributed by atoms with van der Waals surface area (Å²) in [5.41, 5.74) is 8.20. The Bertz CT molecular complexity index is 617. The molecule has 1 fully saturated rings. The Hall–Kier alpha value is -1.81. The van der Waals surface area contributed by atoms with Gasteiger partial charge in [-0.2, -0.15) is 0 Å². The zero-order valence-electron chi connectivity index (χ0n) is 11.1. The van der Waals surface area contributed by atoms with Crippen LogP contribution in [-0.4, -0.2) is 35.9 Å². The Morgan fingerprint density at radius 2 is 2.26 bits per heavy atom. The average molecular weight is 257 g/mol. The molecule has 100 valence electrons. The number of hydrogen-bond acceptors (Lipinski definition) is 2. The minimum atomic E-state index is -0.375. The van der Waals surface area contributed by atoms with E-state index in [-0.39, 0.29) is 5.91 Å². The molecule has 1 amide bonds. The van der Waals surface area contributed by atoms with Gasteiger partial charge < -0.3 is 15.6 Å². The standard InChI is InChI=1S/C15H19N3O/c1-18-8-2-3-10(9-18)11-4-5-13(15(16)19)14-12(11)6-7-17-14/h4-7,10,17H,2-3,8-9H2,1H3,(H2,16,19)/t10-/m1/s1. The molecule has 3 rings (SSSR count). The predicted octanol–water partition coefficient (Wildman–Crippen LogP) is 2.08. The SMILES string of the molecule is CN1CCC[C@@H](c2ccc(C(N)=O)c3[nH]ccc23)C1. The third-order valence-electron chi connectivity index (χ3n) is 4.09. The fourth-order valence-electron chi connectivity index (χ4n) is 3.16. The van der Waals surface area contributed by atoms with E-state index in [0.29, 0.717) is 11.5 Å². The van der Waals surface area contributed by atoms with E-state index in [0.717, 1.165) is 17.4 Å². The molecule has 0 unspecified atom stereocenters. The lowest BCUT2D eigenvalue weighted by Gasteiger charge is -2.30. The highest BCUT2D eigenvalue weighted by molar-refractivity contribution is 6.05. The number of carbonyl (C=O) groups is 1. The van der Waals surface area contributed by atoms with E-state index < -0.39 is 0 Å². The number of amides is 1. The van der Waals surface area contributed by atoms with Gasteiger partial charge in [-0.05, 0) is 50.0 Å². The van der Waals surface area contributed by atoms with Crippen LogP contribution in [-0.2, 0) is 0 Å². The molecule has 1 aliphatic rings. The normalized spacial score (nSPS) is 20.8. The van der Waals surface area contributed by atoms with Crippen molar-refractivity contribution in [2.75, 3.05) is 20.1 Å². The highest BCUT2D eigenvalue weighted by Crippen LogP contribution is 2.32. The number of primary amides is 1. The summed E-state index contributed by atoms with van der Waals surface area (Å²) in [5.74, 6) is 0.165. The Morgan fingerprint density at radius 3 is 3.00 bits per heavy atom. The number of fused-ring (bicyclic) bond motifs is 1. The number of hydrogen-bond donors (Lipinski definition) is 2. The number of aromatic nitrogens is 1. The van der Waals surface area contributed by atoms with E-state index in [1.807, 2.05) is 18.3 Å². The first kappa shape index (κ1) is 12.2. The molecule has 1 aromatic heterocycles. The van der Waals surface area contributed by atoms with Gasteiger partial charge in [0.15, 0.2) is 0 Å². The van der Waals surface area contributed by atoms with Crippen LogP contribution in [0.1, 0.15) is 34.7 Å². The first-order valence-corrected chi connectivity index (χ1v) is 6.75. The highest BCUT2D eigenvalue weighted by Gasteiger charge is 2.22. The molecule has 0 bridgehead atoms. The molecule has 0 spiro atoms. The topological polar surface area (TPSA) is 62.1 Å². The molecule has 0 aliphatic carbocycles. The van der Waals surface area contributed by atoms with E-state index in [2.05, 4.69) is 23.0 Å². The third-order valence-corrected chi connectivity index (χ3v) is 4.09. The molecule has 1 aromatic carbocycles. The van der Waals surface area contributed by atoms with Crippen LogP contribution in [0.25, 0.3) is 10.9 Å². The second-order valence-electron chi connectivity index (χ2n) is 5.43. The van der Waals surface area contributed by atoms with Crippen LogP contribution in [0.3, 0.4) is 0 Å². The molecule has 0 saturated carbocycles. The highest BCUT2D eigenvalue weighted by atomic mass is 16.1. The van der Waals surface area contributed by atoms with Crippen LogP contribution in [0, 0.1) is 0 Å². The van der Waals surface area contributed by atoms with Crippen molar-refractivity contribution in [3.05, 3.63) is 35.5 Å². The maximum absolute atomic E-state index is 11.4. The van der Waals surface area contributed by atoms with E-state index in [4.69, 9.17) is 5.73 Å². The van der Waals surface area contributed by atoms with Crippen molar-refractivity contribution in [3.63, 3.8) is 0 Å². The maximum atomic E-state index is 11.4. The fraction of sp³-hybridized carbons (Fsp3) is 0.400. The smallest absolute Gasteiger partial charge is 0.250 e. The molecule has 4 heteroatoms. The first-order valence-electron chi connectivity index (χ1n) is 6.75. The second kappa shape index (κ2) is 4.70. The van der Waals surface area contributed by atoms with E-state index in [1.54, 1.807) is 0 Å². The van der Waals surface area contributed by atoms with Crippen LogP contribution in [0.15, 0.2) is 24.4 Å². The summed E-state index contributed by atoms with van der Waals surface area (Å²) in [6.07, 6.45) is 4.32. The fourth-order valence-corrected chi connectivity index (χ4v) is 3.16. The Morgan fingerprint density at radius 1 is 1.42 bits per heavy atom. The Kier molecular flexibility index (Phi) is 3.03. The van der Waals surface area contributed by atoms with E-state index in [1.165, 1.54) is 24.9 Å². The van der Waals surface area contributed by atoms with Crippen molar-refractivity contribution in [2.24, 2.45) is 5.73 Å². The van der Waals surface area contributed by atoms with Crippen molar-refractivity contribution >= 4 is 16.8 Å². The summed E-state index contributed by atoms with van der Waals surface area (Å²) in [4.78, 5) is 17.0. The van der Waals surface area contributed by atoms with Crippen LogP contribution < -0.4 is 5.73 Å². The predicted molar refractivity (Wildman–Crippen MR) is 76.3 cm³/mol. The number of nitrogens with two attached hydrogens (primary N) is 1. The lowest BCUT2D eigenvalue weighted by atomic mass is 9.88. The number of aromatic amines is 1. The molecule has 2 heterocycles. The first-order chi connectivity index (χ1) is 9.16. The number of H-pyrrole nitrogens is 1. The summed E-state index contributed by atoms with van der Waals surface area (Å²) in [5, 5.41) is 1.14. The zero-order valence-corrected chi connectivity index (χ0v) is 11.1. The van der Waals surface area contributed by atoms with Crippen LogP contribution >= 0.6 is 0 Å². The van der Waals surface area contributed by atoms with Gasteiger partial charge in [-0.15, -0.1) is 0 Å². The monoisotopic (exact) mass is 257 g/mol. The van der Waals surface area contributed by atoms with Gasteiger partial charge in [0.2, 0.25) is 0 Å². The molecule has 0 radical (unpaired) electrons. The Balaban J connectivity index is 2.07. The Labute approximate surface area is 112 Å². The quantitative estimate of drug-likeness (QED) is 0.865. The minimum Gasteiger partial charge on any atom is -0.366 e. The van der Waals surface area contributed by atoms with Gasteiger partial charge in [0.1, 0.15) is 0 Å². The van der Waals surface area contributed by atoms with Crippen LogP contribution in [0.4, 0.5) is 0 Å². The van der Waals surface area contributed by atoms with Gasteiger partial charge in [0.05, 0.1) is 11.1 Å². The van der Waals surface area contributed by atoms with Gasteiger partial charge in [-0.3, -0.25) is 4.79 Å². The van der Waals surface area contributed by atoms with Crippen molar-refractivity contribution in [1.82, 2.24) is 9.88 Å². The lowest BCUT2D eigenvalue weighted by molar-refractivity contribution is 0.100. The maximum Gasteiger partial charge on any atom is 0.250 e. The largest absolute Gasteiger partial charge is 0.366 e. The molecule has 1 aliphatic heterocycles. The van der Waals surface area contributed by atoms with Crippen LogP contribution in [0.2, 0.25) is 0 Å². The molecule has 19 heavy (non-hydrogen) atoms. The number of likely N-dealkylation sites (N-methyl/N-ethyl adjacent to an activating group) is 1. The van der Waals surface area contributed by atoms with Crippen molar-refractivity contribution in [2.45, 2.75) is 18.8 Å². The number of rotatable bonds is 2. The number of likely N-dealkylation sites (tertiary alicyclic amines) is 1. The molecular formula is C15H19N3O. The molecule has 4 nitrogen and oxygen atoms in total. The average Bonchev–Trinajstić information content (AvgIpc) is 2.86. The number of nitrogens with zero attached hydrogens (tertiary/aromatic N) is 1. The number of piperidine rings is 1. The van der Waals surface area contributed by atoms with Gasteiger partial charge in [0, 0.05) is 18.1 Å². The van der Waals surface area contributed by atoms with E-state index >= 15 is 0 Å². The summed E-state index contributed by atoms with van der Waals surface area (Å²) in [7, 11) is 2.16. The summed E-state index contributed by atoms with van der Waals surface area (Å²) >= 11 is 0. The van der Waals surface area contributed by atoms with Gasteiger partial charge in [-0.25, -0.2) is 0 Å². The summed E-state index contributed by atoms with van der Waals surface area (Å²) in [6.45, 7) is 2.25. The summed E-state index contributed by atoms with van der Waals surface area (Å²) in [6, 6.07) is 5.97. The second-order valence-corrected chi connectivity index (χ2v) is 5.43. The molecule has 2 aromatic rings. The van der Waals surface area contributed by atoms with Crippen molar-refractivity contribution in [3.8, 4) is 0 Å². The van der Waals surface area contributed by atoms with Gasteiger partial charge in [0.25, 0.3) is 5.91 Å². The molecule has 3 N–H and O–H groups in total. The van der Waals surface area contributed by atoms with Gasteiger partial charge in [-0.1, -0.05) is 6.07 Å². The molecule has 1 saturated heterocycles. The molecule has 1 atom stereocenters. The van der Waals surface area contributed by atoms with Crippen molar-refractivity contribution < 1.29 is 4.79 Å². The lowest BCUT2D eigenvalue weighted by Crippen LogP contribution is -2.30. The van der Waals surface area contributed by atoms with E-state index in [9.17, 15) is 4.79 Å².